The molecule has 2 unspecified atom stereocenters. The third-order valence-corrected chi connectivity index (χ3v) is 3.26. The molecule has 1 aromatic rings. The molecule has 0 amide bonds. The quantitative estimate of drug-likeness (QED) is 0.834. The van der Waals surface area contributed by atoms with Crippen LogP contribution in [0.15, 0.2) is 29.2 Å². The summed E-state index contributed by atoms with van der Waals surface area (Å²) in [5.41, 5.74) is 1.10. The lowest BCUT2D eigenvalue weighted by Crippen LogP contribution is -2.14. The Bertz CT molecular complexity index is 321. The van der Waals surface area contributed by atoms with Gasteiger partial charge in [-0.2, -0.15) is 0 Å². The van der Waals surface area contributed by atoms with Gasteiger partial charge in [-0.15, -0.1) is 0 Å². The average Bonchev–Trinajstić information content (AvgIpc) is 2.18. The largest absolute Gasteiger partial charge is 0.383 e. The Balaban J connectivity index is 2.60. The molecular formula is C12H19NOS. The van der Waals surface area contributed by atoms with Crippen LogP contribution < -0.4 is 5.32 Å². The van der Waals surface area contributed by atoms with Crippen LogP contribution in [0.2, 0.25) is 0 Å². The maximum atomic E-state index is 11.2. The maximum absolute atomic E-state index is 11.2. The first kappa shape index (κ1) is 12.2. The fourth-order valence-corrected chi connectivity index (χ4v) is 2.05. The fraction of sp³-hybridized carbons (Fsp3) is 0.500. The first-order valence-corrected chi connectivity index (χ1v) is 6.89. The number of benzene rings is 1. The molecule has 0 spiro atoms. The summed E-state index contributed by atoms with van der Waals surface area (Å²) in [5, 5.41) is 3.41. The molecule has 1 rings (SSSR count). The highest BCUT2D eigenvalue weighted by atomic mass is 32.2. The summed E-state index contributed by atoms with van der Waals surface area (Å²) in [6.45, 7) is 4.36. The van der Waals surface area contributed by atoms with Gasteiger partial charge in [-0.25, -0.2) is 0 Å². The lowest BCUT2D eigenvalue weighted by atomic mass is 10.2. The van der Waals surface area contributed by atoms with E-state index in [-0.39, 0.29) is 0 Å². The number of hydrogen-bond donors (Lipinski definition) is 1. The molecule has 0 aromatic heterocycles. The first-order chi connectivity index (χ1) is 7.13. The van der Waals surface area contributed by atoms with Crippen LogP contribution in [0, 0.1) is 0 Å². The third kappa shape index (κ3) is 4.04. The highest BCUT2D eigenvalue weighted by Gasteiger charge is 2.01. The maximum Gasteiger partial charge on any atom is 0.0498 e. The normalized spacial score (nSPS) is 14.6. The Morgan fingerprint density at radius 3 is 2.40 bits per heavy atom. The van der Waals surface area contributed by atoms with Crippen LogP contribution in [0.3, 0.4) is 0 Å². The van der Waals surface area contributed by atoms with E-state index in [4.69, 9.17) is 0 Å². The monoisotopic (exact) mass is 225 g/mol. The first-order valence-electron chi connectivity index (χ1n) is 5.33. The fourth-order valence-electron chi connectivity index (χ4n) is 1.53. The molecule has 84 valence electrons. The minimum absolute atomic E-state index is 0.493. The SMILES string of the molecule is CCCC(C)Nc1ccc(S(C)=O)cc1. The van der Waals surface area contributed by atoms with Crippen LogP contribution in [0.25, 0.3) is 0 Å². The Morgan fingerprint density at radius 1 is 1.33 bits per heavy atom. The standard InChI is InChI=1S/C12H19NOS/c1-4-5-10(2)13-11-6-8-12(9-7-11)15(3)14/h6-10,13H,4-5H2,1-3H3. The molecule has 2 nitrogen and oxygen atoms in total. The van der Waals surface area contributed by atoms with E-state index < -0.39 is 10.8 Å². The molecule has 0 bridgehead atoms. The van der Waals surface area contributed by atoms with E-state index in [0.717, 1.165) is 10.6 Å². The molecule has 0 saturated carbocycles. The van der Waals surface area contributed by atoms with Crippen LogP contribution in [0.5, 0.6) is 0 Å². The van der Waals surface area contributed by atoms with Crippen LogP contribution in [0.1, 0.15) is 26.7 Å². The molecule has 0 heterocycles. The third-order valence-electron chi connectivity index (χ3n) is 2.32. The lowest BCUT2D eigenvalue weighted by Gasteiger charge is -2.14. The second kappa shape index (κ2) is 5.91. The van der Waals surface area contributed by atoms with Gasteiger partial charge in [0.1, 0.15) is 0 Å². The van der Waals surface area contributed by atoms with Crippen LogP contribution in [0.4, 0.5) is 5.69 Å². The summed E-state index contributed by atoms with van der Waals surface area (Å²) in [7, 11) is -0.881. The van der Waals surface area contributed by atoms with Crippen LogP contribution in [-0.2, 0) is 10.8 Å². The van der Waals surface area contributed by atoms with Gasteiger partial charge in [0, 0.05) is 33.7 Å². The molecule has 1 N–H and O–H groups in total. The Labute approximate surface area is 94.5 Å². The van der Waals surface area contributed by atoms with Crippen molar-refractivity contribution >= 4 is 16.5 Å². The van der Waals surface area contributed by atoms with E-state index in [2.05, 4.69) is 19.2 Å². The average molecular weight is 225 g/mol. The van der Waals surface area contributed by atoms with Gasteiger partial charge >= 0.3 is 0 Å². The molecule has 0 aliphatic heterocycles. The summed E-state index contributed by atoms with van der Waals surface area (Å²) in [6, 6.07) is 8.30. The van der Waals surface area contributed by atoms with E-state index in [9.17, 15) is 4.21 Å². The van der Waals surface area contributed by atoms with Crippen molar-refractivity contribution in [1.29, 1.82) is 0 Å². The zero-order chi connectivity index (χ0) is 11.3. The minimum atomic E-state index is -0.881. The Hall–Kier alpha value is -0.830. The Kier molecular flexibility index (Phi) is 4.82. The van der Waals surface area contributed by atoms with Gasteiger partial charge in [0.15, 0.2) is 0 Å². The number of rotatable bonds is 5. The summed E-state index contributed by atoms with van der Waals surface area (Å²) in [5.74, 6) is 0. The predicted molar refractivity (Wildman–Crippen MR) is 66.8 cm³/mol. The van der Waals surface area contributed by atoms with E-state index in [1.54, 1.807) is 6.26 Å². The van der Waals surface area contributed by atoms with E-state index in [1.165, 1.54) is 12.8 Å². The van der Waals surface area contributed by atoms with Crippen molar-refractivity contribution in [2.75, 3.05) is 11.6 Å². The smallest absolute Gasteiger partial charge is 0.0498 e. The topological polar surface area (TPSA) is 29.1 Å². The van der Waals surface area contributed by atoms with E-state index in [0.29, 0.717) is 6.04 Å². The van der Waals surface area contributed by atoms with Gasteiger partial charge in [-0.1, -0.05) is 13.3 Å². The molecule has 3 heteroatoms. The highest BCUT2D eigenvalue weighted by Crippen LogP contribution is 2.13. The molecule has 2 atom stereocenters. The predicted octanol–water partition coefficient (Wildman–Crippen LogP) is 3.02. The van der Waals surface area contributed by atoms with Crippen molar-refractivity contribution in [3.63, 3.8) is 0 Å². The highest BCUT2D eigenvalue weighted by molar-refractivity contribution is 7.84. The van der Waals surface area contributed by atoms with Gasteiger partial charge in [-0.05, 0) is 37.6 Å². The number of anilines is 1. The van der Waals surface area contributed by atoms with Crippen molar-refractivity contribution in [3.8, 4) is 0 Å². The van der Waals surface area contributed by atoms with Gasteiger partial charge in [0.25, 0.3) is 0 Å². The number of hydrogen-bond acceptors (Lipinski definition) is 2. The van der Waals surface area contributed by atoms with Gasteiger partial charge in [0.2, 0.25) is 0 Å². The van der Waals surface area contributed by atoms with Gasteiger partial charge in [0.05, 0.1) is 0 Å². The van der Waals surface area contributed by atoms with Gasteiger partial charge in [-0.3, -0.25) is 4.21 Å². The summed E-state index contributed by atoms with van der Waals surface area (Å²) in [4.78, 5) is 0.878. The summed E-state index contributed by atoms with van der Waals surface area (Å²) >= 11 is 0. The molecular weight excluding hydrogens is 206 g/mol. The van der Waals surface area contributed by atoms with Crippen molar-refractivity contribution < 1.29 is 4.21 Å². The zero-order valence-corrected chi connectivity index (χ0v) is 10.4. The van der Waals surface area contributed by atoms with E-state index in [1.807, 2.05) is 24.3 Å². The Morgan fingerprint density at radius 2 is 1.93 bits per heavy atom. The van der Waals surface area contributed by atoms with Crippen molar-refractivity contribution in [2.24, 2.45) is 0 Å². The molecule has 1 aromatic carbocycles. The molecule has 0 aliphatic carbocycles. The van der Waals surface area contributed by atoms with Crippen molar-refractivity contribution in [2.45, 2.75) is 37.6 Å². The molecule has 0 fully saturated rings. The number of nitrogens with one attached hydrogen (secondary N) is 1. The molecule has 0 saturated heterocycles. The molecule has 15 heavy (non-hydrogen) atoms. The minimum Gasteiger partial charge on any atom is -0.383 e. The van der Waals surface area contributed by atoms with Crippen molar-refractivity contribution in [1.82, 2.24) is 0 Å². The zero-order valence-electron chi connectivity index (χ0n) is 9.62. The molecule has 0 radical (unpaired) electrons. The van der Waals surface area contributed by atoms with Crippen molar-refractivity contribution in [3.05, 3.63) is 24.3 Å². The second-order valence-electron chi connectivity index (χ2n) is 3.81. The second-order valence-corrected chi connectivity index (χ2v) is 5.19. The lowest BCUT2D eigenvalue weighted by molar-refractivity contribution is 0.686. The van der Waals surface area contributed by atoms with E-state index >= 15 is 0 Å². The summed E-state index contributed by atoms with van der Waals surface area (Å²) in [6.07, 6.45) is 4.05. The summed E-state index contributed by atoms with van der Waals surface area (Å²) < 4.78 is 11.2. The molecule has 0 aliphatic rings. The van der Waals surface area contributed by atoms with Gasteiger partial charge < -0.3 is 5.32 Å². The van der Waals surface area contributed by atoms with Crippen LogP contribution >= 0.6 is 0 Å². The van der Waals surface area contributed by atoms with Crippen LogP contribution in [-0.4, -0.2) is 16.5 Å².